The third-order valence-corrected chi connectivity index (χ3v) is 20.1. The maximum Gasteiger partial charge on any atom is 0.0706 e. The van der Waals surface area contributed by atoms with Crippen LogP contribution in [0.1, 0.15) is 54.4 Å². The summed E-state index contributed by atoms with van der Waals surface area (Å²) in [6.07, 6.45) is 8.79. The Labute approximate surface area is 303 Å². The van der Waals surface area contributed by atoms with E-state index in [1.807, 2.05) is 100 Å². The van der Waals surface area contributed by atoms with Crippen LogP contribution in [0.4, 0.5) is 0 Å². The molecule has 1 aliphatic carbocycles. The van der Waals surface area contributed by atoms with Crippen molar-refractivity contribution < 1.29 is 0 Å². The average Bonchev–Trinajstić information content (AvgIpc) is 3.61. The Morgan fingerprint density at radius 1 is 0.733 bits per heavy atom. The van der Waals surface area contributed by atoms with Gasteiger partial charge >= 0.3 is 0 Å². The van der Waals surface area contributed by atoms with Crippen molar-refractivity contribution in [3.05, 3.63) is 89.3 Å². The van der Waals surface area contributed by atoms with E-state index in [0.717, 1.165) is 6.42 Å². The van der Waals surface area contributed by atoms with Gasteiger partial charge in [0.05, 0.1) is 8.47 Å². The van der Waals surface area contributed by atoms with Gasteiger partial charge in [0, 0.05) is 64.7 Å². The van der Waals surface area contributed by atoms with Crippen LogP contribution >= 0.6 is 94.1 Å². The van der Waals surface area contributed by atoms with E-state index in [9.17, 15) is 0 Å². The minimum atomic E-state index is 0.475. The zero-order valence-corrected chi connectivity index (χ0v) is 33.1. The van der Waals surface area contributed by atoms with Crippen LogP contribution < -0.4 is 0 Å². The minimum Gasteiger partial charge on any atom is -0.103 e. The molecule has 0 nitrogen and oxygen atoms in total. The van der Waals surface area contributed by atoms with Crippen LogP contribution in [0.5, 0.6) is 0 Å². The molecule has 45 heavy (non-hydrogen) atoms. The number of thioether (sulfide) groups is 8. The molecule has 0 amide bonds. The minimum absolute atomic E-state index is 0.475. The Morgan fingerprint density at radius 2 is 1.22 bits per heavy atom. The van der Waals surface area contributed by atoms with Crippen molar-refractivity contribution in [2.75, 3.05) is 0 Å². The number of allylic oxidation sites excluding steroid dienone is 7. The van der Waals surface area contributed by atoms with Crippen molar-refractivity contribution >= 4 is 94.1 Å². The van der Waals surface area contributed by atoms with E-state index in [4.69, 9.17) is 0 Å². The zero-order valence-electron chi connectivity index (χ0n) is 26.5. The Hall–Kier alpha value is -0.320. The van der Waals surface area contributed by atoms with Crippen LogP contribution in [0, 0.1) is 29.6 Å². The van der Waals surface area contributed by atoms with E-state index >= 15 is 0 Å². The van der Waals surface area contributed by atoms with Crippen molar-refractivity contribution in [3.63, 3.8) is 0 Å². The van der Waals surface area contributed by atoms with Crippen molar-refractivity contribution in [1.29, 1.82) is 0 Å². The molecule has 0 aromatic heterocycles. The van der Waals surface area contributed by atoms with Gasteiger partial charge < -0.3 is 0 Å². The molecule has 4 aliphatic heterocycles. The maximum atomic E-state index is 4.25. The number of benzene rings is 2. The summed E-state index contributed by atoms with van der Waals surface area (Å²) in [5.41, 5.74) is 1.43. The van der Waals surface area contributed by atoms with Crippen LogP contribution in [0.2, 0.25) is 0 Å². The molecular formula is C37H38S8. The van der Waals surface area contributed by atoms with Gasteiger partial charge in [0.25, 0.3) is 0 Å². The molecule has 4 heterocycles. The standard InChI is InChI=1S/C37H38S8/c1-9-11-24-25(12-20(7)18(3)4)39-27-15-31-30(14-26(27)38-24)42-36(43-31)37-44-32-16-28-29(17-33(32)45-37)41-35-22(10-2)13-23(19(5)6)21(8)34(35)40-28/h9-10,12,14-19,21-23H,1-2,11,13H2,3-8H3/b20-12+,37-36-. The summed E-state index contributed by atoms with van der Waals surface area (Å²) in [4.78, 5) is 17.2. The number of hydrogen-bond donors (Lipinski definition) is 0. The third kappa shape index (κ3) is 6.42. The first-order valence-electron chi connectivity index (χ1n) is 15.6. The SMILES string of the molecule is C=CCC1=C(/C=C(\C)C(C)C)Sc2cc3c(cc2S1)S/C(=C1/Sc2cc4c(cc2S1)SC1=C(S4)C(C=C)CC(C(C)C)C1C)S3. The molecule has 0 saturated heterocycles. The molecule has 0 saturated carbocycles. The zero-order chi connectivity index (χ0) is 31.6. The van der Waals surface area contributed by atoms with Crippen molar-refractivity contribution in [3.8, 4) is 0 Å². The molecule has 3 atom stereocenters. The highest BCUT2D eigenvalue weighted by molar-refractivity contribution is 8.30. The first-order chi connectivity index (χ1) is 21.6. The van der Waals surface area contributed by atoms with Gasteiger partial charge in [0.15, 0.2) is 0 Å². The molecule has 5 aliphatic rings. The molecular weight excluding hydrogens is 701 g/mol. The van der Waals surface area contributed by atoms with E-state index in [-0.39, 0.29) is 0 Å². The van der Waals surface area contributed by atoms with Crippen LogP contribution in [0.15, 0.2) is 128 Å². The number of hydrogen-bond acceptors (Lipinski definition) is 8. The lowest BCUT2D eigenvalue weighted by Crippen LogP contribution is -2.28. The second kappa shape index (κ2) is 13.5. The Bertz CT molecular complexity index is 1740. The van der Waals surface area contributed by atoms with Crippen molar-refractivity contribution in [2.24, 2.45) is 29.6 Å². The van der Waals surface area contributed by atoms with Crippen LogP contribution in [0.25, 0.3) is 0 Å². The van der Waals surface area contributed by atoms with E-state index in [2.05, 4.69) is 91.1 Å². The molecule has 8 heteroatoms. The Morgan fingerprint density at radius 3 is 1.71 bits per heavy atom. The monoisotopic (exact) mass is 738 g/mol. The maximum absolute atomic E-state index is 4.25. The second-order valence-corrected chi connectivity index (χ2v) is 21.8. The van der Waals surface area contributed by atoms with Gasteiger partial charge in [-0.05, 0) is 73.8 Å². The smallest absolute Gasteiger partial charge is 0.0706 e. The first-order valence-corrected chi connectivity index (χ1v) is 22.1. The molecule has 7 rings (SSSR count). The fourth-order valence-electron chi connectivity index (χ4n) is 6.17. The lowest BCUT2D eigenvalue weighted by Gasteiger charge is -2.41. The molecule has 0 radical (unpaired) electrons. The van der Waals surface area contributed by atoms with E-state index in [1.54, 1.807) is 9.81 Å². The van der Waals surface area contributed by atoms with Gasteiger partial charge in [-0.3, -0.25) is 0 Å². The van der Waals surface area contributed by atoms with Gasteiger partial charge in [-0.25, -0.2) is 0 Å². The fraction of sp³-hybridized carbons (Fsp3) is 0.351. The number of rotatable bonds is 6. The fourth-order valence-corrected chi connectivity index (χ4v) is 17.2. The van der Waals surface area contributed by atoms with Gasteiger partial charge in [0.2, 0.25) is 0 Å². The third-order valence-electron chi connectivity index (χ3n) is 9.07. The summed E-state index contributed by atoms with van der Waals surface area (Å²) in [6, 6.07) is 9.84. The highest BCUT2D eigenvalue weighted by Gasteiger charge is 2.39. The summed E-state index contributed by atoms with van der Waals surface area (Å²) in [6.45, 7) is 22.3. The number of fused-ring (bicyclic) bond motifs is 4. The summed E-state index contributed by atoms with van der Waals surface area (Å²) in [7, 11) is 0. The summed E-state index contributed by atoms with van der Waals surface area (Å²) >= 11 is 15.8. The Kier molecular flexibility index (Phi) is 9.98. The molecule has 2 aromatic rings. The van der Waals surface area contributed by atoms with Gasteiger partial charge in [-0.2, -0.15) is 0 Å². The van der Waals surface area contributed by atoms with Gasteiger partial charge in [-0.15, -0.1) is 13.2 Å². The second-order valence-electron chi connectivity index (χ2n) is 12.7. The predicted molar refractivity (Wildman–Crippen MR) is 210 cm³/mol. The van der Waals surface area contributed by atoms with Crippen molar-refractivity contribution in [2.45, 2.75) is 93.5 Å². The normalized spacial score (nSPS) is 25.8. The first kappa shape index (κ1) is 33.2. The molecule has 0 spiro atoms. The van der Waals surface area contributed by atoms with E-state index in [0.29, 0.717) is 29.6 Å². The molecule has 3 unspecified atom stereocenters. The van der Waals surface area contributed by atoms with E-state index < -0.39 is 0 Å². The summed E-state index contributed by atoms with van der Waals surface area (Å²) < 4.78 is 2.86. The van der Waals surface area contributed by atoms with Crippen LogP contribution in [-0.4, -0.2) is 0 Å². The lowest BCUT2D eigenvalue weighted by molar-refractivity contribution is 0.258. The lowest BCUT2D eigenvalue weighted by atomic mass is 9.74. The molecule has 234 valence electrons. The molecule has 0 N–H and O–H groups in total. The topological polar surface area (TPSA) is 0 Å². The van der Waals surface area contributed by atoms with Crippen molar-refractivity contribution in [1.82, 2.24) is 0 Å². The largest absolute Gasteiger partial charge is 0.103 e. The van der Waals surface area contributed by atoms with Crippen LogP contribution in [-0.2, 0) is 0 Å². The predicted octanol–water partition coefficient (Wildman–Crippen LogP) is 15.0. The summed E-state index contributed by atoms with van der Waals surface area (Å²) in [5.74, 6) is 3.04. The molecule has 0 fully saturated rings. The quantitative estimate of drug-likeness (QED) is 0.265. The van der Waals surface area contributed by atoms with Crippen LogP contribution in [0.3, 0.4) is 0 Å². The van der Waals surface area contributed by atoms with Gasteiger partial charge in [0.1, 0.15) is 0 Å². The highest BCUT2D eigenvalue weighted by atomic mass is 32.2. The Balaban J connectivity index is 1.12. The molecule has 0 bridgehead atoms. The average molecular weight is 739 g/mol. The van der Waals surface area contributed by atoms with E-state index in [1.165, 1.54) is 69.4 Å². The summed E-state index contributed by atoms with van der Waals surface area (Å²) in [5, 5.41) is 0. The van der Waals surface area contributed by atoms with Gasteiger partial charge in [-0.1, -0.05) is 146 Å². The molecule has 2 aromatic carbocycles. The highest BCUT2D eigenvalue weighted by Crippen LogP contribution is 2.65.